The van der Waals surface area contributed by atoms with Crippen molar-refractivity contribution in [2.24, 2.45) is 23.5 Å². The molecule has 0 aliphatic heterocycles. The molecular weight excluding hydrogens is 154 g/mol. The maximum absolute atomic E-state index is 10.4. The average Bonchev–Trinajstić information content (AvgIpc) is 1.98. The predicted octanol–water partition coefficient (Wildman–Crippen LogP) is 1.33. The number of rotatable bonds is 5. The summed E-state index contributed by atoms with van der Waals surface area (Å²) in [4.78, 5) is 10.4. The first-order valence-electron chi connectivity index (χ1n) is 4.40. The van der Waals surface area contributed by atoms with Gasteiger partial charge < -0.3 is 10.8 Å². The van der Waals surface area contributed by atoms with Crippen LogP contribution in [0.3, 0.4) is 0 Å². The topological polar surface area (TPSA) is 63.3 Å². The molecule has 0 aromatic heterocycles. The van der Waals surface area contributed by atoms with E-state index in [1.165, 1.54) is 0 Å². The molecule has 0 radical (unpaired) electrons. The summed E-state index contributed by atoms with van der Waals surface area (Å²) in [6.45, 7) is 6.71. The van der Waals surface area contributed by atoms with E-state index in [-0.39, 0.29) is 12.3 Å². The summed E-state index contributed by atoms with van der Waals surface area (Å²) in [6, 6.07) is 0. The Morgan fingerprint density at radius 2 is 1.92 bits per heavy atom. The molecule has 0 aliphatic rings. The van der Waals surface area contributed by atoms with Crippen molar-refractivity contribution in [3.8, 4) is 0 Å². The van der Waals surface area contributed by atoms with E-state index >= 15 is 0 Å². The van der Waals surface area contributed by atoms with E-state index in [2.05, 4.69) is 20.8 Å². The Morgan fingerprint density at radius 3 is 2.17 bits per heavy atom. The molecule has 0 saturated heterocycles. The van der Waals surface area contributed by atoms with Gasteiger partial charge in [-0.2, -0.15) is 0 Å². The van der Waals surface area contributed by atoms with Crippen LogP contribution in [0, 0.1) is 17.8 Å². The molecule has 72 valence electrons. The van der Waals surface area contributed by atoms with E-state index < -0.39 is 5.97 Å². The van der Waals surface area contributed by atoms with Crippen LogP contribution in [0.2, 0.25) is 0 Å². The van der Waals surface area contributed by atoms with Crippen molar-refractivity contribution < 1.29 is 9.90 Å². The van der Waals surface area contributed by atoms with Crippen LogP contribution < -0.4 is 5.73 Å². The van der Waals surface area contributed by atoms with Gasteiger partial charge in [0.15, 0.2) is 0 Å². The number of nitrogens with two attached hydrogens (primary N) is 1. The fraction of sp³-hybridized carbons (Fsp3) is 0.889. The number of aliphatic carboxylic acids is 1. The van der Waals surface area contributed by atoms with Crippen LogP contribution in [0.5, 0.6) is 0 Å². The van der Waals surface area contributed by atoms with Crippen molar-refractivity contribution in [2.45, 2.75) is 27.2 Å². The number of hydrogen-bond donors (Lipinski definition) is 2. The lowest BCUT2D eigenvalue weighted by molar-refractivity contribution is -0.138. The number of carboxylic acid groups (broad SMARTS) is 1. The zero-order valence-electron chi connectivity index (χ0n) is 8.08. The molecule has 0 heterocycles. The van der Waals surface area contributed by atoms with Gasteiger partial charge in [-0.25, -0.2) is 0 Å². The Balaban J connectivity index is 4.04. The van der Waals surface area contributed by atoms with Crippen LogP contribution in [-0.2, 0) is 4.79 Å². The highest BCUT2D eigenvalue weighted by Crippen LogP contribution is 2.22. The Kier molecular flexibility index (Phi) is 4.90. The first-order valence-corrected chi connectivity index (χ1v) is 4.40. The molecule has 1 unspecified atom stereocenters. The van der Waals surface area contributed by atoms with Crippen LogP contribution in [0.25, 0.3) is 0 Å². The van der Waals surface area contributed by atoms with Crippen LogP contribution >= 0.6 is 0 Å². The molecule has 3 nitrogen and oxygen atoms in total. The molecule has 0 amide bonds. The Bertz CT molecular complexity index is 145. The summed E-state index contributed by atoms with van der Waals surface area (Å²) in [6.07, 6.45) is 0.190. The summed E-state index contributed by atoms with van der Waals surface area (Å²) >= 11 is 0. The standard InChI is InChI=1S/C9H19NO2/c1-6(2)7(3)8(5-10)4-9(11)12/h6-8H,4-5,10H2,1-3H3,(H,11,12)/t7?,8-/m0/s1. The quantitative estimate of drug-likeness (QED) is 0.659. The minimum Gasteiger partial charge on any atom is -0.481 e. The fourth-order valence-electron chi connectivity index (χ4n) is 1.25. The molecule has 0 spiro atoms. The smallest absolute Gasteiger partial charge is 0.303 e. The second kappa shape index (κ2) is 5.14. The van der Waals surface area contributed by atoms with Gasteiger partial charge >= 0.3 is 5.97 Å². The van der Waals surface area contributed by atoms with Gasteiger partial charge in [0.2, 0.25) is 0 Å². The number of hydrogen-bond acceptors (Lipinski definition) is 2. The molecule has 3 N–H and O–H groups in total. The number of carbonyl (C=O) groups is 1. The van der Waals surface area contributed by atoms with Crippen molar-refractivity contribution in [1.29, 1.82) is 0 Å². The van der Waals surface area contributed by atoms with E-state index in [1.807, 2.05) is 0 Å². The first-order chi connectivity index (χ1) is 5.49. The van der Waals surface area contributed by atoms with Gasteiger partial charge in [-0.1, -0.05) is 20.8 Å². The third kappa shape index (κ3) is 3.72. The van der Waals surface area contributed by atoms with E-state index in [4.69, 9.17) is 10.8 Å². The van der Waals surface area contributed by atoms with Crippen molar-refractivity contribution in [3.05, 3.63) is 0 Å². The van der Waals surface area contributed by atoms with Gasteiger partial charge in [0.1, 0.15) is 0 Å². The SMILES string of the molecule is CC(C)C(C)[C@H](CN)CC(=O)O. The average molecular weight is 173 g/mol. The van der Waals surface area contributed by atoms with E-state index in [9.17, 15) is 4.79 Å². The molecule has 0 aromatic rings. The van der Waals surface area contributed by atoms with Gasteiger partial charge in [-0.05, 0) is 24.3 Å². The van der Waals surface area contributed by atoms with E-state index in [1.54, 1.807) is 0 Å². The van der Waals surface area contributed by atoms with E-state index in [0.717, 1.165) is 0 Å². The summed E-state index contributed by atoms with van der Waals surface area (Å²) in [5.41, 5.74) is 5.50. The summed E-state index contributed by atoms with van der Waals surface area (Å²) in [5, 5.41) is 8.59. The molecule has 0 fully saturated rings. The van der Waals surface area contributed by atoms with Crippen molar-refractivity contribution in [1.82, 2.24) is 0 Å². The molecule has 0 saturated carbocycles. The minimum absolute atomic E-state index is 0.113. The zero-order valence-corrected chi connectivity index (χ0v) is 8.08. The van der Waals surface area contributed by atoms with Crippen molar-refractivity contribution in [2.75, 3.05) is 6.54 Å². The van der Waals surface area contributed by atoms with Crippen LogP contribution in [0.4, 0.5) is 0 Å². The lowest BCUT2D eigenvalue weighted by Gasteiger charge is -2.24. The van der Waals surface area contributed by atoms with Gasteiger partial charge in [-0.15, -0.1) is 0 Å². The highest BCUT2D eigenvalue weighted by Gasteiger charge is 2.21. The molecule has 12 heavy (non-hydrogen) atoms. The predicted molar refractivity (Wildman–Crippen MR) is 48.8 cm³/mol. The molecule has 3 heteroatoms. The van der Waals surface area contributed by atoms with Crippen LogP contribution in [-0.4, -0.2) is 17.6 Å². The van der Waals surface area contributed by atoms with Crippen molar-refractivity contribution in [3.63, 3.8) is 0 Å². The van der Waals surface area contributed by atoms with Gasteiger partial charge in [-0.3, -0.25) is 4.79 Å². The fourth-order valence-corrected chi connectivity index (χ4v) is 1.25. The Morgan fingerprint density at radius 1 is 1.42 bits per heavy atom. The summed E-state index contributed by atoms with van der Waals surface area (Å²) in [7, 11) is 0. The Hall–Kier alpha value is -0.570. The van der Waals surface area contributed by atoms with Crippen LogP contribution in [0.15, 0.2) is 0 Å². The molecule has 0 aromatic carbocycles. The third-order valence-corrected chi connectivity index (χ3v) is 2.53. The summed E-state index contributed by atoms with van der Waals surface area (Å²) in [5.74, 6) is 0.240. The second-order valence-electron chi connectivity index (χ2n) is 3.70. The molecule has 0 bridgehead atoms. The molecule has 0 rings (SSSR count). The van der Waals surface area contributed by atoms with Crippen molar-refractivity contribution >= 4 is 5.97 Å². The first kappa shape index (κ1) is 11.4. The highest BCUT2D eigenvalue weighted by atomic mass is 16.4. The highest BCUT2D eigenvalue weighted by molar-refractivity contribution is 5.67. The van der Waals surface area contributed by atoms with Gasteiger partial charge in [0.05, 0.1) is 0 Å². The molecule has 2 atom stereocenters. The zero-order chi connectivity index (χ0) is 9.72. The van der Waals surface area contributed by atoms with Crippen LogP contribution in [0.1, 0.15) is 27.2 Å². The van der Waals surface area contributed by atoms with E-state index in [0.29, 0.717) is 18.4 Å². The summed E-state index contributed by atoms with van der Waals surface area (Å²) < 4.78 is 0. The lowest BCUT2D eigenvalue weighted by Crippen LogP contribution is -2.27. The minimum atomic E-state index is -0.752. The second-order valence-corrected chi connectivity index (χ2v) is 3.70. The largest absolute Gasteiger partial charge is 0.481 e. The Labute approximate surface area is 74.0 Å². The maximum atomic E-state index is 10.4. The normalized spacial score (nSPS) is 16.1. The third-order valence-electron chi connectivity index (χ3n) is 2.53. The van der Waals surface area contributed by atoms with Gasteiger partial charge in [0, 0.05) is 6.42 Å². The number of carboxylic acids is 1. The maximum Gasteiger partial charge on any atom is 0.303 e. The lowest BCUT2D eigenvalue weighted by atomic mass is 9.83. The molecular formula is C9H19NO2. The monoisotopic (exact) mass is 173 g/mol. The van der Waals surface area contributed by atoms with Gasteiger partial charge in [0.25, 0.3) is 0 Å². The molecule has 0 aliphatic carbocycles.